The second-order valence-electron chi connectivity index (χ2n) is 7.53. The maximum Gasteiger partial charge on any atom is 0.242 e. The number of hydrogen-bond donors (Lipinski definition) is 0. The molecule has 1 aliphatic heterocycles. The summed E-state index contributed by atoms with van der Waals surface area (Å²) in [6, 6.07) is 12.1. The predicted molar refractivity (Wildman–Crippen MR) is 125 cm³/mol. The number of hydrogen-bond acceptors (Lipinski definition) is 5. The number of para-hydroxylation sites is 2. The van der Waals surface area contributed by atoms with Gasteiger partial charge in [0.15, 0.2) is 11.5 Å². The van der Waals surface area contributed by atoms with Gasteiger partial charge in [0.2, 0.25) is 5.91 Å². The zero-order valence-electron chi connectivity index (χ0n) is 18.4. The first kappa shape index (κ1) is 21.6. The van der Waals surface area contributed by atoms with Crippen LogP contribution in [-0.4, -0.2) is 46.4 Å². The van der Waals surface area contributed by atoms with Gasteiger partial charge in [-0.1, -0.05) is 12.1 Å². The van der Waals surface area contributed by atoms with Gasteiger partial charge in [0, 0.05) is 13.1 Å². The molecule has 6 nitrogen and oxygen atoms in total. The summed E-state index contributed by atoms with van der Waals surface area (Å²) < 4.78 is 13.6. The van der Waals surface area contributed by atoms with Gasteiger partial charge in [-0.3, -0.25) is 4.79 Å². The van der Waals surface area contributed by atoms with Crippen LogP contribution in [0.15, 0.2) is 36.4 Å². The van der Waals surface area contributed by atoms with Crippen molar-refractivity contribution >= 4 is 28.7 Å². The Morgan fingerprint density at radius 3 is 2.52 bits per heavy atom. The minimum Gasteiger partial charge on any atom is -0.490 e. The Morgan fingerprint density at radius 2 is 1.81 bits per heavy atom. The summed E-state index contributed by atoms with van der Waals surface area (Å²) in [6.07, 6.45) is 2.87. The van der Waals surface area contributed by atoms with Crippen molar-refractivity contribution < 1.29 is 14.3 Å². The number of thioether (sulfide) groups is 1. The summed E-state index contributed by atoms with van der Waals surface area (Å²) in [7, 11) is 0. The van der Waals surface area contributed by atoms with Crippen LogP contribution in [0, 0.1) is 0 Å². The third-order valence-corrected chi connectivity index (χ3v) is 6.08. The monoisotopic (exact) mass is 439 g/mol. The highest BCUT2D eigenvalue weighted by Crippen LogP contribution is 2.34. The van der Waals surface area contributed by atoms with Crippen molar-refractivity contribution in [1.82, 2.24) is 14.5 Å². The number of fused-ring (bicyclic) bond motifs is 2. The van der Waals surface area contributed by atoms with Crippen LogP contribution in [0.25, 0.3) is 11.0 Å². The van der Waals surface area contributed by atoms with E-state index in [0.717, 1.165) is 46.1 Å². The van der Waals surface area contributed by atoms with Crippen molar-refractivity contribution in [3.8, 4) is 11.5 Å². The molecule has 164 valence electrons. The zero-order chi connectivity index (χ0) is 21.8. The van der Waals surface area contributed by atoms with Crippen LogP contribution in [-0.2, 0) is 30.1 Å². The highest BCUT2D eigenvalue weighted by Gasteiger charge is 2.24. The molecule has 0 N–H and O–H groups in total. The lowest BCUT2D eigenvalue weighted by atomic mass is 9.98. The van der Waals surface area contributed by atoms with E-state index in [0.29, 0.717) is 32.8 Å². The first-order valence-corrected chi connectivity index (χ1v) is 12.2. The number of nitrogens with zero attached hydrogens (tertiary/aromatic N) is 3. The number of ether oxygens (including phenoxy) is 2. The van der Waals surface area contributed by atoms with E-state index in [2.05, 4.69) is 16.9 Å². The van der Waals surface area contributed by atoms with E-state index in [1.807, 2.05) is 49.1 Å². The average molecular weight is 440 g/mol. The van der Waals surface area contributed by atoms with Gasteiger partial charge in [-0.2, -0.15) is 11.8 Å². The fourth-order valence-electron chi connectivity index (χ4n) is 4.09. The van der Waals surface area contributed by atoms with E-state index in [-0.39, 0.29) is 5.91 Å². The lowest BCUT2D eigenvalue weighted by molar-refractivity contribution is -0.132. The average Bonchev–Trinajstić information content (AvgIpc) is 3.11. The molecular weight excluding hydrogens is 410 g/mol. The Morgan fingerprint density at radius 1 is 1.10 bits per heavy atom. The molecule has 0 radical (unpaired) electrons. The lowest BCUT2D eigenvalue weighted by Gasteiger charge is -2.30. The van der Waals surface area contributed by atoms with Crippen molar-refractivity contribution in [2.45, 2.75) is 39.1 Å². The molecule has 2 aromatic carbocycles. The van der Waals surface area contributed by atoms with Gasteiger partial charge in [-0.05, 0) is 61.9 Å². The lowest BCUT2D eigenvalue weighted by Crippen LogP contribution is -2.38. The molecule has 0 saturated carbocycles. The van der Waals surface area contributed by atoms with Crippen LogP contribution in [0.5, 0.6) is 11.5 Å². The molecule has 4 rings (SSSR count). The highest BCUT2D eigenvalue weighted by atomic mass is 32.2. The Balaban J connectivity index is 1.56. The number of carbonyl (C=O) groups is 1. The number of rotatable bonds is 8. The fourth-order valence-corrected chi connectivity index (χ4v) is 4.57. The minimum atomic E-state index is 0.114. The molecule has 0 saturated heterocycles. The number of carbonyl (C=O) groups excluding carboxylic acids is 1. The number of aromatic nitrogens is 2. The number of imidazole rings is 1. The van der Waals surface area contributed by atoms with Crippen LogP contribution < -0.4 is 9.47 Å². The molecular formula is C24H29N3O3S. The SMILES string of the molecule is CCOc1cc2c(cc1OCC)CN(C(=O)Cn1c(CSC)nc3ccccc31)CC2. The summed E-state index contributed by atoms with van der Waals surface area (Å²) in [6.45, 7) is 6.71. The summed E-state index contributed by atoms with van der Waals surface area (Å²) >= 11 is 1.71. The maximum atomic E-state index is 13.3. The Hall–Kier alpha value is -2.67. The topological polar surface area (TPSA) is 56.6 Å². The highest BCUT2D eigenvalue weighted by molar-refractivity contribution is 7.97. The van der Waals surface area contributed by atoms with Crippen LogP contribution in [0.3, 0.4) is 0 Å². The Bertz CT molecular complexity index is 1080. The van der Waals surface area contributed by atoms with E-state index in [1.165, 1.54) is 5.56 Å². The summed E-state index contributed by atoms with van der Waals surface area (Å²) in [5.41, 5.74) is 4.31. The molecule has 1 amide bonds. The van der Waals surface area contributed by atoms with Crippen molar-refractivity contribution in [3.05, 3.63) is 53.3 Å². The molecule has 0 aliphatic carbocycles. The molecule has 0 fully saturated rings. The third-order valence-electron chi connectivity index (χ3n) is 5.53. The molecule has 31 heavy (non-hydrogen) atoms. The molecule has 2 heterocycles. The third kappa shape index (κ3) is 4.51. The van der Waals surface area contributed by atoms with Crippen molar-refractivity contribution in [2.24, 2.45) is 0 Å². The number of amides is 1. The van der Waals surface area contributed by atoms with Crippen molar-refractivity contribution in [1.29, 1.82) is 0 Å². The van der Waals surface area contributed by atoms with E-state index in [4.69, 9.17) is 14.5 Å². The van der Waals surface area contributed by atoms with Crippen molar-refractivity contribution in [2.75, 3.05) is 26.0 Å². The molecule has 7 heteroatoms. The van der Waals surface area contributed by atoms with Gasteiger partial charge in [-0.15, -0.1) is 0 Å². The van der Waals surface area contributed by atoms with Gasteiger partial charge in [0.05, 0.1) is 30.0 Å². The van der Waals surface area contributed by atoms with Gasteiger partial charge in [-0.25, -0.2) is 4.98 Å². The second kappa shape index (κ2) is 9.64. The quantitative estimate of drug-likeness (QED) is 0.524. The fraction of sp³-hybridized carbons (Fsp3) is 0.417. The molecule has 0 atom stereocenters. The minimum absolute atomic E-state index is 0.114. The first-order chi connectivity index (χ1) is 15.1. The molecule has 1 aromatic heterocycles. The molecule has 0 bridgehead atoms. The van der Waals surface area contributed by atoms with E-state index < -0.39 is 0 Å². The molecule has 0 unspecified atom stereocenters. The zero-order valence-corrected chi connectivity index (χ0v) is 19.2. The summed E-state index contributed by atoms with van der Waals surface area (Å²) in [5, 5.41) is 0. The largest absolute Gasteiger partial charge is 0.490 e. The maximum absolute atomic E-state index is 13.3. The molecule has 0 spiro atoms. The van der Waals surface area contributed by atoms with E-state index in [9.17, 15) is 4.79 Å². The second-order valence-corrected chi connectivity index (χ2v) is 8.40. The van der Waals surface area contributed by atoms with E-state index >= 15 is 0 Å². The van der Waals surface area contributed by atoms with Gasteiger partial charge in [0.25, 0.3) is 0 Å². The summed E-state index contributed by atoms with van der Waals surface area (Å²) in [5.74, 6) is 3.38. The standard InChI is InChI=1S/C24H29N3O3S/c1-4-29-21-12-17-10-11-26(14-18(17)13-22(21)30-5-2)24(28)15-27-20-9-7-6-8-19(20)25-23(27)16-31-3/h6-9,12-13H,4-5,10-11,14-16H2,1-3H3. The Labute approximate surface area is 187 Å². The van der Waals surface area contributed by atoms with Crippen LogP contribution >= 0.6 is 11.8 Å². The number of benzene rings is 2. The van der Waals surface area contributed by atoms with Crippen LogP contribution in [0.2, 0.25) is 0 Å². The van der Waals surface area contributed by atoms with E-state index in [1.54, 1.807) is 11.8 Å². The summed E-state index contributed by atoms with van der Waals surface area (Å²) in [4.78, 5) is 19.9. The molecule has 1 aliphatic rings. The van der Waals surface area contributed by atoms with Crippen LogP contribution in [0.4, 0.5) is 0 Å². The van der Waals surface area contributed by atoms with Crippen LogP contribution in [0.1, 0.15) is 30.8 Å². The normalized spacial score (nSPS) is 13.3. The first-order valence-electron chi connectivity index (χ1n) is 10.8. The Kier molecular flexibility index (Phi) is 6.70. The smallest absolute Gasteiger partial charge is 0.242 e. The predicted octanol–water partition coefficient (Wildman–Crippen LogP) is 4.28. The van der Waals surface area contributed by atoms with Gasteiger partial charge in [0.1, 0.15) is 12.4 Å². The van der Waals surface area contributed by atoms with Gasteiger partial charge >= 0.3 is 0 Å². The van der Waals surface area contributed by atoms with Gasteiger partial charge < -0.3 is 18.9 Å². The molecule has 3 aromatic rings. The van der Waals surface area contributed by atoms with Crippen molar-refractivity contribution in [3.63, 3.8) is 0 Å².